The van der Waals surface area contributed by atoms with Crippen molar-refractivity contribution < 1.29 is 23.8 Å². The number of anilines is 1. The molecule has 2 aromatic carbocycles. The highest BCUT2D eigenvalue weighted by atomic mass is 32.1. The van der Waals surface area contributed by atoms with Gasteiger partial charge in [0.25, 0.3) is 0 Å². The lowest BCUT2D eigenvalue weighted by atomic mass is 10.1. The average Bonchev–Trinajstić information content (AvgIpc) is 3.44. The number of nitrogens with zero attached hydrogens (tertiary/aromatic N) is 2. The van der Waals surface area contributed by atoms with Gasteiger partial charge in [0.2, 0.25) is 5.91 Å². The predicted octanol–water partition coefficient (Wildman–Crippen LogP) is 4.23. The number of esters is 1. The molecule has 1 atom stereocenters. The van der Waals surface area contributed by atoms with Crippen molar-refractivity contribution in [1.29, 1.82) is 0 Å². The van der Waals surface area contributed by atoms with E-state index in [1.807, 2.05) is 54.8 Å². The highest BCUT2D eigenvalue weighted by molar-refractivity contribution is 7.13. The van der Waals surface area contributed by atoms with Crippen molar-refractivity contribution in [2.24, 2.45) is 5.92 Å². The minimum Gasteiger partial charge on any atom is -0.493 e. The fourth-order valence-electron chi connectivity index (χ4n) is 3.58. The molecule has 1 saturated heterocycles. The zero-order valence-corrected chi connectivity index (χ0v) is 19.0. The van der Waals surface area contributed by atoms with Crippen LogP contribution in [0.3, 0.4) is 0 Å². The van der Waals surface area contributed by atoms with Gasteiger partial charge in [-0.25, -0.2) is 4.98 Å². The number of carbonyl (C=O) groups is 2. The third kappa shape index (κ3) is 4.60. The number of rotatable bonds is 7. The molecule has 0 radical (unpaired) electrons. The molecule has 1 amide bonds. The van der Waals surface area contributed by atoms with Gasteiger partial charge in [-0.05, 0) is 37.3 Å². The summed E-state index contributed by atoms with van der Waals surface area (Å²) >= 11 is 1.46. The zero-order valence-electron chi connectivity index (χ0n) is 18.2. The maximum absolute atomic E-state index is 12.6. The summed E-state index contributed by atoms with van der Waals surface area (Å²) in [7, 11) is 3.17. The molecule has 1 aliphatic heterocycles. The Morgan fingerprint density at radius 1 is 1.12 bits per heavy atom. The molecule has 32 heavy (non-hydrogen) atoms. The van der Waals surface area contributed by atoms with E-state index in [0.29, 0.717) is 23.7 Å². The second kappa shape index (κ2) is 9.40. The number of methoxy groups -OCH3 is 2. The van der Waals surface area contributed by atoms with E-state index in [1.165, 1.54) is 11.3 Å². The number of hydrogen-bond donors (Lipinski definition) is 0. The minimum absolute atomic E-state index is 0.0673. The Kier molecular flexibility index (Phi) is 6.41. The first-order valence-electron chi connectivity index (χ1n) is 10.2. The van der Waals surface area contributed by atoms with Crippen molar-refractivity contribution in [3.63, 3.8) is 0 Å². The smallest absolute Gasteiger partial charge is 0.311 e. The van der Waals surface area contributed by atoms with E-state index in [4.69, 9.17) is 14.2 Å². The Labute approximate surface area is 190 Å². The monoisotopic (exact) mass is 452 g/mol. The molecule has 3 aromatic rings. The molecular formula is C24H24N2O5S. The summed E-state index contributed by atoms with van der Waals surface area (Å²) in [5.74, 6) is 0.339. The summed E-state index contributed by atoms with van der Waals surface area (Å²) < 4.78 is 16.1. The van der Waals surface area contributed by atoms with Gasteiger partial charge >= 0.3 is 5.97 Å². The van der Waals surface area contributed by atoms with Crippen LogP contribution in [0.15, 0.2) is 47.8 Å². The Balaban J connectivity index is 1.36. The van der Waals surface area contributed by atoms with E-state index in [0.717, 1.165) is 21.8 Å². The molecule has 4 rings (SSSR count). The first-order chi connectivity index (χ1) is 15.5. The molecule has 0 aliphatic carbocycles. The maximum Gasteiger partial charge on any atom is 0.311 e. The largest absolute Gasteiger partial charge is 0.493 e. The van der Waals surface area contributed by atoms with Gasteiger partial charge in [0.1, 0.15) is 11.6 Å². The minimum atomic E-state index is -0.479. The number of benzene rings is 2. The lowest BCUT2D eigenvalue weighted by Gasteiger charge is -2.16. The molecule has 1 unspecified atom stereocenters. The number of carbonyl (C=O) groups excluding carboxylic acids is 2. The van der Waals surface area contributed by atoms with Gasteiger partial charge in [0.15, 0.2) is 11.5 Å². The standard InChI is InChI=1S/C24H24N2O5S/c1-15-4-7-19(8-5-15)26-12-17(11-22(26)27)24(28)31-13-18-14-32-23(25-18)16-6-9-20(29-2)21(10-16)30-3/h4-10,14,17H,11-13H2,1-3H3. The number of hydrogen-bond acceptors (Lipinski definition) is 7. The van der Waals surface area contributed by atoms with Gasteiger partial charge in [0, 0.05) is 29.6 Å². The quantitative estimate of drug-likeness (QED) is 0.499. The molecule has 2 heterocycles. The highest BCUT2D eigenvalue weighted by Gasteiger charge is 2.36. The van der Waals surface area contributed by atoms with Crippen LogP contribution in [0.5, 0.6) is 11.5 Å². The molecule has 1 aliphatic rings. The van der Waals surface area contributed by atoms with Crippen LogP contribution in [0.2, 0.25) is 0 Å². The Morgan fingerprint density at radius 3 is 2.59 bits per heavy atom. The summed E-state index contributed by atoms with van der Waals surface area (Å²) in [5, 5.41) is 2.65. The van der Waals surface area contributed by atoms with Crippen molar-refractivity contribution in [2.45, 2.75) is 20.0 Å². The third-order valence-corrected chi connectivity index (χ3v) is 6.29. The van der Waals surface area contributed by atoms with Crippen LogP contribution < -0.4 is 14.4 Å². The van der Waals surface area contributed by atoms with Gasteiger partial charge in [0.05, 0.1) is 25.8 Å². The molecule has 8 heteroatoms. The SMILES string of the molecule is COc1ccc(-c2nc(COC(=O)C3CC(=O)N(c4ccc(C)cc4)C3)cs2)cc1OC. The maximum atomic E-state index is 12.6. The summed E-state index contributed by atoms with van der Waals surface area (Å²) in [5.41, 5.74) is 3.47. The van der Waals surface area contributed by atoms with Crippen LogP contribution in [0.4, 0.5) is 5.69 Å². The van der Waals surface area contributed by atoms with Crippen LogP contribution in [0.25, 0.3) is 10.6 Å². The number of aryl methyl sites for hydroxylation is 1. The average molecular weight is 453 g/mol. The van der Waals surface area contributed by atoms with Crippen LogP contribution in [0.1, 0.15) is 17.7 Å². The lowest BCUT2D eigenvalue weighted by molar-refractivity contribution is -0.149. The molecule has 0 saturated carbocycles. The van der Waals surface area contributed by atoms with Crippen LogP contribution in [0, 0.1) is 12.8 Å². The van der Waals surface area contributed by atoms with E-state index < -0.39 is 5.92 Å². The predicted molar refractivity (Wildman–Crippen MR) is 122 cm³/mol. The van der Waals surface area contributed by atoms with Crippen molar-refractivity contribution in [3.8, 4) is 22.1 Å². The molecule has 166 valence electrons. The zero-order chi connectivity index (χ0) is 22.7. The van der Waals surface area contributed by atoms with E-state index in [-0.39, 0.29) is 24.9 Å². The second-order valence-corrected chi connectivity index (χ2v) is 8.42. The van der Waals surface area contributed by atoms with E-state index >= 15 is 0 Å². The Bertz CT molecular complexity index is 1130. The van der Waals surface area contributed by atoms with Gasteiger partial charge in [-0.1, -0.05) is 17.7 Å². The molecule has 0 N–H and O–H groups in total. The van der Waals surface area contributed by atoms with Crippen molar-refractivity contribution in [3.05, 3.63) is 59.1 Å². The first-order valence-corrected chi connectivity index (χ1v) is 11.1. The number of thiazole rings is 1. The van der Waals surface area contributed by atoms with Crippen molar-refractivity contribution >= 4 is 28.9 Å². The summed E-state index contributed by atoms with van der Waals surface area (Å²) in [6, 6.07) is 13.3. The topological polar surface area (TPSA) is 78.0 Å². The van der Waals surface area contributed by atoms with Gasteiger partial charge in [-0.2, -0.15) is 0 Å². The lowest BCUT2D eigenvalue weighted by Crippen LogP contribution is -2.26. The fourth-order valence-corrected chi connectivity index (χ4v) is 4.38. The summed E-state index contributed by atoms with van der Waals surface area (Å²) in [6.45, 7) is 2.39. The Morgan fingerprint density at radius 2 is 1.88 bits per heavy atom. The fraction of sp³-hybridized carbons (Fsp3) is 0.292. The van der Waals surface area contributed by atoms with Crippen LogP contribution in [-0.2, 0) is 20.9 Å². The molecule has 0 spiro atoms. The van der Waals surface area contributed by atoms with Gasteiger partial charge in [-0.3, -0.25) is 9.59 Å². The van der Waals surface area contributed by atoms with Crippen molar-refractivity contribution in [1.82, 2.24) is 4.98 Å². The first kappa shape index (κ1) is 21.8. The van der Waals surface area contributed by atoms with Crippen LogP contribution >= 0.6 is 11.3 Å². The van der Waals surface area contributed by atoms with E-state index in [1.54, 1.807) is 19.1 Å². The highest BCUT2D eigenvalue weighted by Crippen LogP contribution is 2.33. The number of ether oxygens (including phenoxy) is 3. The summed E-state index contributed by atoms with van der Waals surface area (Å²) in [6.07, 6.45) is 0.153. The van der Waals surface area contributed by atoms with Crippen LogP contribution in [-0.4, -0.2) is 37.6 Å². The molecule has 7 nitrogen and oxygen atoms in total. The number of amides is 1. The van der Waals surface area contributed by atoms with Crippen molar-refractivity contribution in [2.75, 3.05) is 25.7 Å². The molecule has 1 fully saturated rings. The van der Waals surface area contributed by atoms with E-state index in [9.17, 15) is 9.59 Å². The molecule has 0 bridgehead atoms. The van der Waals surface area contributed by atoms with Gasteiger partial charge < -0.3 is 19.1 Å². The second-order valence-electron chi connectivity index (χ2n) is 7.56. The number of aromatic nitrogens is 1. The Hall–Kier alpha value is -3.39. The normalized spacial score (nSPS) is 15.7. The molecule has 1 aromatic heterocycles. The third-order valence-electron chi connectivity index (χ3n) is 5.35. The van der Waals surface area contributed by atoms with Gasteiger partial charge in [-0.15, -0.1) is 11.3 Å². The summed E-state index contributed by atoms with van der Waals surface area (Å²) in [4.78, 5) is 31.2. The van der Waals surface area contributed by atoms with E-state index in [2.05, 4.69) is 4.98 Å². The molecular weight excluding hydrogens is 428 g/mol.